The smallest absolute Gasteiger partial charge is 0.418 e. The Bertz CT molecular complexity index is 931. The topological polar surface area (TPSA) is 89.2 Å². The minimum absolute atomic E-state index is 0.138. The molecule has 26 heavy (non-hydrogen) atoms. The van der Waals surface area contributed by atoms with Crippen molar-refractivity contribution in [2.45, 2.75) is 6.92 Å². The lowest BCUT2D eigenvalue weighted by Gasteiger charge is -2.10. The van der Waals surface area contributed by atoms with E-state index in [2.05, 4.69) is 10.4 Å². The van der Waals surface area contributed by atoms with Crippen molar-refractivity contribution in [2.24, 2.45) is 0 Å². The number of benzene rings is 2. The third-order valence-electron chi connectivity index (χ3n) is 3.53. The number of amides is 1. The van der Waals surface area contributed by atoms with Crippen LogP contribution in [0.4, 0.5) is 10.6 Å². The van der Waals surface area contributed by atoms with Gasteiger partial charge < -0.3 is 9.47 Å². The normalized spacial score (nSPS) is 10.0. The average molecular weight is 348 g/mol. The molecule has 0 aliphatic rings. The highest BCUT2D eigenvalue weighted by molar-refractivity contribution is 5.87. The second-order valence-corrected chi connectivity index (χ2v) is 5.30. The number of nitrogens with zero attached hydrogens (tertiary/aromatic N) is 3. The van der Waals surface area contributed by atoms with E-state index >= 15 is 0 Å². The molecule has 1 N–H and O–H groups in total. The number of hydrogen-bond donors (Lipinski definition) is 1. The highest BCUT2D eigenvalue weighted by atomic mass is 16.6. The summed E-state index contributed by atoms with van der Waals surface area (Å²) in [5.74, 6) is 1.10. The van der Waals surface area contributed by atoms with Gasteiger partial charge in [0.25, 0.3) is 0 Å². The van der Waals surface area contributed by atoms with Gasteiger partial charge in [0, 0.05) is 0 Å². The van der Waals surface area contributed by atoms with Gasteiger partial charge in [0.2, 0.25) is 5.88 Å². The van der Waals surface area contributed by atoms with Crippen molar-refractivity contribution in [1.82, 2.24) is 9.78 Å². The largest absolute Gasteiger partial charge is 0.461 e. The van der Waals surface area contributed by atoms with Gasteiger partial charge in [0.05, 0.1) is 11.3 Å². The molecule has 0 saturated heterocycles. The Morgan fingerprint density at radius 3 is 2.46 bits per heavy atom. The third kappa shape index (κ3) is 3.82. The Morgan fingerprint density at radius 2 is 1.81 bits per heavy atom. The maximum atomic E-state index is 12.3. The quantitative estimate of drug-likeness (QED) is 0.759. The first-order valence-corrected chi connectivity index (χ1v) is 7.87. The van der Waals surface area contributed by atoms with E-state index < -0.39 is 6.09 Å². The molecule has 0 radical (unpaired) electrons. The van der Waals surface area contributed by atoms with E-state index in [1.54, 1.807) is 31.2 Å². The first kappa shape index (κ1) is 17.0. The molecule has 0 aliphatic heterocycles. The molecule has 1 aromatic heterocycles. The summed E-state index contributed by atoms with van der Waals surface area (Å²) in [4.78, 5) is 12.3. The van der Waals surface area contributed by atoms with Crippen LogP contribution < -0.4 is 14.8 Å². The van der Waals surface area contributed by atoms with Crippen molar-refractivity contribution in [3.8, 4) is 23.4 Å². The van der Waals surface area contributed by atoms with E-state index in [-0.39, 0.29) is 12.5 Å². The Hall–Kier alpha value is -3.79. The summed E-state index contributed by atoms with van der Waals surface area (Å²) >= 11 is 0. The van der Waals surface area contributed by atoms with Crippen molar-refractivity contribution in [3.05, 3.63) is 66.2 Å². The summed E-state index contributed by atoms with van der Waals surface area (Å²) in [5, 5.41) is 15.8. The predicted molar refractivity (Wildman–Crippen MR) is 95.5 cm³/mol. The lowest BCUT2D eigenvalue weighted by atomic mass is 10.3. The van der Waals surface area contributed by atoms with Gasteiger partial charge in [-0.2, -0.15) is 5.26 Å². The number of ether oxygens (including phenoxy) is 2. The number of aromatic nitrogens is 2. The summed E-state index contributed by atoms with van der Waals surface area (Å²) in [7, 11) is 0. The number of nitrogens with one attached hydrogen (secondary N) is 1. The number of para-hydroxylation sites is 2. The molecule has 7 heteroatoms. The van der Waals surface area contributed by atoms with Gasteiger partial charge in [-0.3, -0.25) is 5.32 Å². The Labute approximate surface area is 150 Å². The lowest BCUT2D eigenvalue weighted by Crippen LogP contribution is -2.19. The molecule has 130 valence electrons. The molecular weight excluding hydrogens is 332 g/mol. The lowest BCUT2D eigenvalue weighted by molar-refractivity contribution is 0.215. The van der Waals surface area contributed by atoms with Crippen molar-refractivity contribution >= 4 is 11.9 Å². The van der Waals surface area contributed by atoms with Crippen LogP contribution in [0, 0.1) is 18.3 Å². The molecule has 3 aromatic rings. The molecule has 2 aromatic carbocycles. The maximum Gasteiger partial charge on any atom is 0.418 e. The zero-order valence-corrected chi connectivity index (χ0v) is 14.0. The summed E-state index contributed by atoms with van der Waals surface area (Å²) in [6, 6.07) is 19.9. The van der Waals surface area contributed by atoms with Crippen molar-refractivity contribution in [2.75, 3.05) is 11.9 Å². The zero-order valence-electron chi connectivity index (χ0n) is 14.0. The van der Waals surface area contributed by atoms with Crippen LogP contribution in [0.5, 0.6) is 11.6 Å². The van der Waals surface area contributed by atoms with E-state index in [0.29, 0.717) is 17.1 Å². The summed E-state index contributed by atoms with van der Waals surface area (Å²) in [5.41, 5.74) is 1.33. The van der Waals surface area contributed by atoms with Gasteiger partial charge in [-0.1, -0.05) is 36.4 Å². The second-order valence-electron chi connectivity index (χ2n) is 5.30. The van der Waals surface area contributed by atoms with Gasteiger partial charge in [0.15, 0.2) is 6.61 Å². The van der Waals surface area contributed by atoms with Gasteiger partial charge in [0.1, 0.15) is 17.6 Å². The van der Waals surface area contributed by atoms with Crippen LogP contribution in [0.2, 0.25) is 0 Å². The Morgan fingerprint density at radius 1 is 1.15 bits per heavy atom. The minimum Gasteiger partial charge on any atom is -0.461 e. The van der Waals surface area contributed by atoms with E-state index in [4.69, 9.17) is 14.7 Å². The zero-order chi connectivity index (χ0) is 18.4. The Balaban J connectivity index is 1.90. The van der Waals surface area contributed by atoms with Crippen LogP contribution in [-0.4, -0.2) is 22.5 Å². The van der Waals surface area contributed by atoms with Crippen molar-refractivity contribution in [3.63, 3.8) is 0 Å². The predicted octanol–water partition coefficient (Wildman–Crippen LogP) is 3.69. The molecule has 0 unspecified atom stereocenters. The summed E-state index contributed by atoms with van der Waals surface area (Å²) < 4.78 is 12.1. The monoisotopic (exact) mass is 348 g/mol. The number of hydrogen-bond acceptors (Lipinski definition) is 5. The summed E-state index contributed by atoms with van der Waals surface area (Å²) in [6.45, 7) is 1.61. The Kier molecular flexibility index (Phi) is 5.15. The third-order valence-corrected chi connectivity index (χ3v) is 3.53. The second kappa shape index (κ2) is 7.85. The van der Waals surface area contributed by atoms with Gasteiger partial charge >= 0.3 is 6.09 Å². The fourth-order valence-corrected chi connectivity index (χ4v) is 2.33. The molecule has 0 bridgehead atoms. The number of carbonyl (C=O) groups excluding carboxylic acids is 1. The highest BCUT2D eigenvalue weighted by Crippen LogP contribution is 2.28. The first-order chi connectivity index (χ1) is 12.7. The fourth-order valence-electron chi connectivity index (χ4n) is 2.33. The van der Waals surface area contributed by atoms with E-state index in [1.807, 2.05) is 42.5 Å². The molecule has 1 amide bonds. The fraction of sp³-hybridized carbons (Fsp3) is 0.105. The average Bonchev–Trinajstić information content (AvgIpc) is 2.97. The first-order valence-electron chi connectivity index (χ1n) is 7.87. The van der Waals surface area contributed by atoms with E-state index in [9.17, 15) is 4.79 Å². The van der Waals surface area contributed by atoms with Crippen molar-refractivity contribution < 1.29 is 14.3 Å². The molecule has 7 nitrogen and oxygen atoms in total. The van der Waals surface area contributed by atoms with Crippen LogP contribution in [0.3, 0.4) is 0 Å². The van der Waals surface area contributed by atoms with Gasteiger partial charge in [-0.15, -0.1) is 5.10 Å². The highest BCUT2D eigenvalue weighted by Gasteiger charge is 2.19. The van der Waals surface area contributed by atoms with Gasteiger partial charge in [-0.25, -0.2) is 9.48 Å². The number of rotatable bonds is 5. The number of nitriles is 1. The van der Waals surface area contributed by atoms with Crippen LogP contribution in [0.15, 0.2) is 60.7 Å². The maximum absolute atomic E-state index is 12.3. The van der Waals surface area contributed by atoms with Gasteiger partial charge in [-0.05, 0) is 31.2 Å². The molecule has 1 heterocycles. The molecule has 0 saturated carbocycles. The van der Waals surface area contributed by atoms with E-state index in [0.717, 1.165) is 5.69 Å². The minimum atomic E-state index is -0.650. The van der Waals surface area contributed by atoms with Crippen LogP contribution >= 0.6 is 0 Å². The SMILES string of the molecule is Cc1c(OCC#N)nn(-c2ccccc2)c1NC(=O)Oc1ccccc1. The van der Waals surface area contributed by atoms with E-state index in [1.165, 1.54) is 4.68 Å². The van der Waals surface area contributed by atoms with Crippen LogP contribution in [0.25, 0.3) is 5.69 Å². The van der Waals surface area contributed by atoms with Crippen LogP contribution in [0.1, 0.15) is 5.56 Å². The molecule has 0 aliphatic carbocycles. The van der Waals surface area contributed by atoms with Crippen LogP contribution in [-0.2, 0) is 0 Å². The molecular formula is C19H16N4O3. The summed E-state index contributed by atoms with van der Waals surface area (Å²) in [6.07, 6.45) is -0.650. The number of anilines is 1. The molecule has 0 atom stereocenters. The standard InChI is InChI=1S/C19H16N4O3/c1-14-17(21-19(24)26-16-10-6-3-7-11-16)23(15-8-4-2-5-9-15)22-18(14)25-13-12-20/h2-11H,13H2,1H3,(H,21,24). The van der Waals surface area contributed by atoms with Crippen molar-refractivity contribution in [1.29, 1.82) is 5.26 Å². The molecule has 0 fully saturated rings. The number of carbonyl (C=O) groups is 1. The molecule has 3 rings (SSSR count). The molecule has 0 spiro atoms.